The van der Waals surface area contributed by atoms with Crippen LogP contribution in [0.2, 0.25) is 5.02 Å². The van der Waals surface area contributed by atoms with Crippen molar-refractivity contribution in [3.05, 3.63) is 361 Å². The molecule has 5 aromatic heterocycles. The number of thioether (sulfide) groups is 1. The fourth-order valence-electron chi connectivity index (χ4n) is 12.3. The number of aromatic nitrogens is 7. The number of benzene rings is 11. The Morgan fingerprint density at radius 3 is 1.48 bits per heavy atom. The van der Waals surface area contributed by atoms with E-state index in [1.165, 1.54) is 140 Å². The van der Waals surface area contributed by atoms with Crippen LogP contribution in [0, 0.1) is 109 Å². The van der Waals surface area contributed by atoms with Crippen LogP contribution in [0.5, 0.6) is 5.75 Å². The molecule has 9 nitrogen and oxygen atoms in total. The molecule has 0 bridgehead atoms. The quantitative estimate of drug-likeness (QED) is 0.102. The highest BCUT2D eigenvalue weighted by atomic mass is 35.5. The minimum Gasteiger partial charge on any atom is -0.491 e. The highest BCUT2D eigenvalue weighted by Gasteiger charge is 2.08. The number of halogens is 3. The number of ether oxygens (including phenoxy) is 1. The van der Waals surface area contributed by atoms with Crippen LogP contribution in [0.3, 0.4) is 0 Å². The van der Waals surface area contributed by atoms with E-state index in [4.69, 9.17) is 16.3 Å². The van der Waals surface area contributed by atoms with Crippen molar-refractivity contribution in [2.75, 3.05) is 18.1 Å². The Balaban J connectivity index is 0.000000199. The molecule has 0 radical (unpaired) electrons. The molecular weight excluding hydrogens is 1490 g/mol. The molecule has 0 spiro atoms. The summed E-state index contributed by atoms with van der Waals surface area (Å²) in [6.45, 7) is 41.5. The Bertz CT molecular complexity index is 5510. The zero-order chi connectivity index (χ0) is 84.8. The summed E-state index contributed by atoms with van der Waals surface area (Å²) in [6, 6.07) is 76.9. The molecule has 16 aromatic rings. The zero-order valence-electron chi connectivity index (χ0n) is 72.2. The van der Waals surface area contributed by atoms with Crippen molar-refractivity contribution in [2.24, 2.45) is 7.05 Å². The number of aromatic amines is 4. The summed E-state index contributed by atoms with van der Waals surface area (Å²) in [4.78, 5) is 12.1. The normalized spacial score (nSPS) is 10.5. The minimum atomic E-state index is -0.801. The van der Waals surface area contributed by atoms with Crippen molar-refractivity contribution in [1.29, 1.82) is 0 Å². The highest BCUT2D eigenvalue weighted by molar-refractivity contribution is 7.99. The number of hydrogen-bond acceptors (Lipinski definition) is 5. The third-order valence-electron chi connectivity index (χ3n) is 18.8. The van der Waals surface area contributed by atoms with E-state index in [9.17, 15) is 13.0 Å². The molecule has 14 heteroatoms. The fourth-order valence-corrected chi connectivity index (χ4v) is 14.0. The highest BCUT2D eigenvalue weighted by Crippen LogP contribution is 2.25. The maximum absolute atomic E-state index is 13.1. The lowest BCUT2D eigenvalue weighted by Gasteiger charge is -2.04. The average Bonchev–Trinajstić information content (AvgIpc) is 1.67. The van der Waals surface area contributed by atoms with Crippen molar-refractivity contribution in [3.8, 4) is 5.75 Å². The molecule has 16 rings (SSSR count). The molecule has 1 unspecified atom stereocenters. The van der Waals surface area contributed by atoms with Gasteiger partial charge in [-0.2, -0.15) is 10.2 Å². The molecule has 0 saturated heterocycles. The Morgan fingerprint density at radius 1 is 0.457 bits per heavy atom. The molecule has 5 heterocycles. The molecule has 1 atom stereocenters. The van der Waals surface area contributed by atoms with E-state index in [2.05, 4.69) is 259 Å². The zero-order valence-corrected chi connectivity index (χ0v) is 74.6. The van der Waals surface area contributed by atoms with Crippen LogP contribution in [0.25, 0.3) is 54.5 Å². The lowest BCUT2D eigenvalue weighted by Crippen LogP contribution is -1.95. The van der Waals surface area contributed by atoms with Gasteiger partial charge in [0.2, 0.25) is 0 Å². The first-order chi connectivity index (χ1) is 55.6. The first-order valence-corrected chi connectivity index (χ1v) is 42.8. The largest absolute Gasteiger partial charge is 0.491 e. The Morgan fingerprint density at radius 2 is 0.957 bits per heavy atom. The molecule has 0 saturated carbocycles. The van der Waals surface area contributed by atoms with E-state index in [0.717, 1.165) is 51.0 Å². The second kappa shape index (κ2) is 49.4. The molecule has 116 heavy (non-hydrogen) atoms. The van der Waals surface area contributed by atoms with Gasteiger partial charge in [0.15, 0.2) is 11.6 Å². The summed E-state index contributed by atoms with van der Waals surface area (Å²) in [7, 11) is 1.18. The summed E-state index contributed by atoms with van der Waals surface area (Å²) in [5.41, 5.74) is 26.7. The summed E-state index contributed by atoms with van der Waals surface area (Å²) >= 11 is 7.60. The van der Waals surface area contributed by atoms with Gasteiger partial charge in [-0.25, -0.2) is 8.78 Å². The smallest absolute Gasteiger partial charge is 0.167 e. The van der Waals surface area contributed by atoms with Crippen LogP contribution in [-0.4, -0.2) is 57.3 Å². The fraction of sp³-hybridized carbons (Fsp3) is 0.275. The average molecular weight is 1620 g/mol. The standard InChI is InChI=1S/C12H15N.C11H13N.C10H12N2.C10H11N.C9H11FO.C9H10N2.C9H12OS.C9H12S.C9H12.C7H7Cl.C7H7F/c1-3-4-10-8-13-12-6-5-9(2)7-11(10)12;1-3-9-7-12-11-5-4-8(2)6-10(9)11;1-7-4-5-10-9(6-7)8(2)11-12(10)3;1-7-3-4-10-9(5-7)8(2)6-11-10;1-3-11-8-6-4-5-7(2)9(8)10;1-6-3-4-9-8(5-6)7(2)10-11-9;1-3-11(10)9-6-4-5-8(2)7-9;1-3-10-9-6-4-5-8(2)7-9;1-3-9-6-4-5-8(2)7-9;2*1-6-4-2-3-5-7(6)8/h5-8,13H,3-4H2,1-2H3;4-7,12H,3H2,1-2H3;4-6H,1-3H3;3-6,11H,1-2H3;4-6H,3H2,1-2H3;3-5H,1-2H3,(H,10,11);4-7H,3H2,1-2H3;4-7H,3H2,1-2H3;4-7H,3H2,1-2H3;2*2-5H,1H3. The number of nitrogens with zero attached hydrogens (tertiary/aromatic N) is 3. The van der Waals surface area contributed by atoms with Gasteiger partial charge in [-0.3, -0.25) is 14.0 Å². The van der Waals surface area contributed by atoms with E-state index in [1.807, 2.05) is 132 Å². The van der Waals surface area contributed by atoms with Crippen LogP contribution in [-0.2, 0) is 37.1 Å². The number of rotatable bonds is 10. The van der Waals surface area contributed by atoms with Crippen LogP contribution in [0.4, 0.5) is 8.78 Å². The van der Waals surface area contributed by atoms with Gasteiger partial charge in [0.05, 0.1) is 34.1 Å². The number of aryl methyl sites for hydroxylation is 18. The molecule has 0 aliphatic rings. The van der Waals surface area contributed by atoms with E-state index in [1.54, 1.807) is 44.2 Å². The molecule has 4 N–H and O–H groups in total. The topological polar surface area (TPSA) is 120 Å². The number of H-pyrrole nitrogens is 4. The van der Waals surface area contributed by atoms with Gasteiger partial charge in [0.1, 0.15) is 5.82 Å². The van der Waals surface area contributed by atoms with E-state index in [-0.39, 0.29) is 11.6 Å². The third-order valence-corrected chi connectivity index (χ3v) is 21.4. The van der Waals surface area contributed by atoms with Gasteiger partial charge in [-0.1, -0.05) is 219 Å². The second-order valence-electron chi connectivity index (χ2n) is 28.8. The molecular formula is C102H122ClF2N7O2S2. The van der Waals surface area contributed by atoms with Crippen molar-refractivity contribution in [3.63, 3.8) is 0 Å². The van der Waals surface area contributed by atoms with Crippen molar-refractivity contribution in [1.82, 2.24) is 34.9 Å². The van der Waals surface area contributed by atoms with Gasteiger partial charge in [0.25, 0.3) is 0 Å². The Kier molecular flexibility index (Phi) is 40.1. The maximum atomic E-state index is 13.1. The van der Waals surface area contributed by atoms with E-state index in [0.29, 0.717) is 29.2 Å². The van der Waals surface area contributed by atoms with Crippen molar-refractivity contribution < 1.29 is 17.7 Å². The van der Waals surface area contributed by atoms with Crippen LogP contribution >= 0.6 is 23.4 Å². The van der Waals surface area contributed by atoms with Crippen molar-refractivity contribution >= 4 is 88.7 Å². The van der Waals surface area contributed by atoms with E-state index >= 15 is 0 Å². The lowest BCUT2D eigenvalue weighted by molar-refractivity contribution is 0.320. The van der Waals surface area contributed by atoms with Gasteiger partial charge in [-0.15, -0.1) is 11.8 Å². The number of hydrogen-bond donors (Lipinski definition) is 4. The van der Waals surface area contributed by atoms with Gasteiger partial charge >= 0.3 is 0 Å². The summed E-state index contributed by atoms with van der Waals surface area (Å²) in [5.74, 6) is 1.81. The van der Waals surface area contributed by atoms with Crippen LogP contribution in [0.15, 0.2) is 259 Å². The lowest BCUT2D eigenvalue weighted by atomic mass is 10.1. The molecule has 0 fully saturated rings. The van der Waals surface area contributed by atoms with Crippen LogP contribution < -0.4 is 4.74 Å². The van der Waals surface area contributed by atoms with Gasteiger partial charge < -0.3 is 19.7 Å². The summed E-state index contributed by atoms with van der Waals surface area (Å²) in [5, 5.41) is 18.9. The maximum Gasteiger partial charge on any atom is 0.167 e. The SMILES string of the molecule is CCCc1c[nH]c2ccc(C)cc12.CCOc1cccc(C)c1F.CCS(=O)c1cccc(C)c1.CCSc1cccc(C)c1.CCc1c[nH]c2ccc(C)cc12.CCc1cccc(C)c1.Cc1ccc2[nH]cc(C)c2c1.Cc1ccc2c(c1)c(C)nn2C.Cc1ccc2n[nH]c(C)c2c1.Cc1ccccc1Cl.Cc1ccccc1F. The molecule has 0 aliphatic carbocycles. The summed E-state index contributed by atoms with van der Waals surface area (Å²) in [6.07, 6.45) is 10.9. The molecule has 610 valence electrons. The number of fused-ring (bicyclic) bond motifs is 5. The molecule has 0 aliphatic heterocycles. The Hall–Kier alpha value is -10.6. The minimum absolute atomic E-state index is 0.132. The first kappa shape index (κ1) is 94.3. The Labute approximate surface area is 702 Å². The van der Waals surface area contributed by atoms with Crippen molar-refractivity contribution in [2.45, 2.75) is 174 Å². The molecule has 11 aromatic carbocycles. The van der Waals surface area contributed by atoms with Gasteiger partial charge in [0, 0.05) is 95.4 Å². The first-order valence-electron chi connectivity index (χ1n) is 40.1. The predicted molar refractivity (Wildman–Crippen MR) is 499 cm³/mol. The van der Waals surface area contributed by atoms with Gasteiger partial charge in [-0.05, 0) is 277 Å². The second-order valence-corrected chi connectivity index (χ2v) is 32.3. The summed E-state index contributed by atoms with van der Waals surface area (Å²) < 4.78 is 43.6. The molecule has 0 amide bonds. The number of nitrogens with one attached hydrogen (secondary N) is 4. The van der Waals surface area contributed by atoms with Crippen LogP contribution in [0.1, 0.15) is 143 Å². The predicted octanol–water partition coefficient (Wildman–Crippen LogP) is 28.7. The third kappa shape index (κ3) is 30.9. The monoisotopic (exact) mass is 1610 g/mol. The van der Waals surface area contributed by atoms with E-state index < -0.39 is 10.8 Å².